The van der Waals surface area contributed by atoms with E-state index in [1.807, 2.05) is 30.3 Å². The minimum absolute atomic E-state index is 0.131. The van der Waals surface area contributed by atoms with Gasteiger partial charge in [0.15, 0.2) is 10.8 Å². The fraction of sp³-hybridized carbons (Fsp3) is 0.176. The maximum Gasteiger partial charge on any atom is 0.260 e. The molecule has 6 heteroatoms. The largest absolute Gasteiger partial charge is 0.369 e. The molecule has 23 heavy (non-hydrogen) atoms. The second-order valence-electron chi connectivity index (χ2n) is 5.57. The van der Waals surface area contributed by atoms with E-state index < -0.39 is 5.72 Å². The average molecular weight is 438 g/mol. The minimum atomic E-state index is -1.24. The maximum atomic E-state index is 12.7. The monoisotopic (exact) mass is 438 g/mol. The van der Waals surface area contributed by atoms with Crippen molar-refractivity contribution in [2.75, 3.05) is 11.4 Å². The van der Waals surface area contributed by atoms with Gasteiger partial charge in [-0.15, -0.1) is 0 Å². The molecule has 1 fully saturated rings. The second-order valence-corrected chi connectivity index (χ2v) is 7.18. The summed E-state index contributed by atoms with van der Waals surface area (Å²) in [6.45, 7) is 1.79. The number of hydrogen-bond donors (Lipinski definition) is 1. The lowest BCUT2D eigenvalue weighted by molar-refractivity contribution is 0.0588. The van der Waals surface area contributed by atoms with Crippen molar-refractivity contribution in [1.82, 2.24) is 4.90 Å². The highest BCUT2D eigenvalue weighted by atomic mass is 127. The molecule has 0 saturated carbocycles. The van der Waals surface area contributed by atoms with Gasteiger partial charge in [-0.1, -0.05) is 18.2 Å². The molecule has 1 aliphatic heterocycles. The highest BCUT2D eigenvalue weighted by Crippen LogP contribution is 2.32. The van der Waals surface area contributed by atoms with Crippen LogP contribution in [0.1, 0.15) is 17.3 Å². The van der Waals surface area contributed by atoms with E-state index in [-0.39, 0.29) is 12.5 Å². The van der Waals surface area contributed by atoms with Crippen molar-refractivity contribution in [2.24, 2.45) is 0 Å². The van der Waals surface area contributed by atoms with Crippen molar-refractivity contribution in [2.45, 2.75) is 12.6 Å². The predicted octanol–water partition coefficient (Wildman–Crippen LogP) is 3.25. The van der Waals surface area contributed by atoms with Gasteiger partial charge >= 0.3 is 0 Å². The molecule has 1 amide bonds. The summed E-state index contributed by atoms with van der Waals surface area (Å²) < 4.78 is 1.09. The fourth-order valence-corrected chi connectivity index (χ4v) is 3.45. The van der Waals surface area contributed by atoms with Gasteiger partial charge in [0, 0.05) is 14.8 Å². The molecule has 1 heterocycles. The number of carbonyl (C=O) groups excluding carboxylic acids is 1. The smallest absolute Gasteiger partial charge is 0.260 e. The van der Waals surface area contributed by atoms with Crippen molar-refractivity contribution in [3.63, 3.8) is 0 Å². The number of aliphatic hydroxyl groups is 1. The van der Waals surface area contributed by atoms with E-state index >= 15 is 0 Å². The van der Waals surface area contributed by atoms with Gasteiger partial charge in [0.25, 0.3) is 5.91 Å². The number of benzene rings is 2. The summed E-state index contributed by atoms with van der Waals surface area (Å²) in [6, 6.07) is 16.6. The third-order valence-electron chi connectivity index (χ3n) is 3.71. The third-order valence-corrected chi connectivity index (χ3v) is 4.83. The van der Waals surface area contributed by atoms with Crippen LogP contribution in [0.5, 0.6) is 0 Å². The van der Waals surface area contributed by atoms with Crippen molar-refractivity contribution in [3.05, 3.63) is 63.7 Å². The number of amides is 1. The number of anilines is 1. The number of thiocarbonyl (C=S) groups is 1. The Morgan fingerprint density at radius 2 is 1.78 bits per heavy atom. The molecule has 0 aliphatic carbocycles. The van der Waals surface area contributed by atoms with E-state index in [1.165, 1.54) is 4.90 Å². The van der Waals surface area contributed by atoms with E-state index in [4.69, 9.17) is 12.2 Å². The Balaban J connectivity index is 1.93. The molecule has 0 radical (unpaired) electrons. The quantitative estimate of drug-likeness (QED) is 0.578. The molecule has 2 aromatic rings. The molecule has 1 aliphatic rings. The number of hydrogen-bond acceptors (Lipinski definition) is 3. The number of rotatable bonds is 2. The maximum absolute atomic E-state index is 12.7. The molecule has 2 aromatic carbocycles. The summed E-state index contributed by atoms with van der Waals surface area (Å²) in [5.74, 6) is -0.205. The number of halogens is 1. The van der Waals surface area contributed by atoms with Crippen LogP contribution in [0, 0.1) is 3.57 Å². The zero-order chi connectivity index (χ0) is 16.6. The first-order valence-corrected chi connectivity index (χ1v) is 8.58. The molecule has 1 saturated heterocycles. The Bertz CT molecular complexity index is 747. The number of carbonyl (C=O) groups is 1. The van der Waals surface area contributed by atoms with Crippen LogP contribution in [0.2, 0.25) is 0 Å². The molecule has 0 unspecified atom stereocenters. The summed E-state index contributed by atoms with van der Waals surface area (Å²) in [5.41, 5.74) is 0.0767. The Hall–Kier alpha value is -1.51. The van der Waals surface area contributed by atoms with Gasteiger partial charge in [0.05, 0.1) is 6.54 Å². The second kappa shape index (κ2) is 6.18. The van der Waals surface area contributed by atoms with Crippen LogP contribution in [-0.2, 0) is 0 Å². The summed E-state index contributed by atoms with van der Waals surface area (Å²) in [7, 11) is 0. The molecule has 1 atom stereocenters. The van der Waals surface area contributed by atoms with E-state index in [2.05, 4.69) is 22.6 Å². The molecular weight excluding hydrogens is 423 g/mol. The van der Waals surface area contributed by atoms with Crippen LogP contribution < -0.4 is 4.90 Å². The molecule has 4 nitrogen and oxygen atoms in total. The minimum Gasteiger partial charge on any atom is -0.369 e. The van der Waals surface area contributed by atoms with Crippen molar-refractivity contribution in [1.29, 1.82) is 0 Å². The molecule has 118 valence electrons. The molecule has 0 bridgehead atoms. The average Bonchev–Trinajstić information content (AvgIpc) is 2.78. The van der Waals surface area contributed by atoms with Gasteiger partial charge in [0.2, 0.25) is 0 Å². The first kappa shape index (κ1) is 16.4. The first-order valence-electron chi connectivity index (χ1n) is 7.09. The highest BCUT2D eigenvalue weighted by molar-refractivity contribution is 14.1. The van der Waals surface area contributed by atoms with Crippen LogP contribution >= 0.6 is 34.8 Å². The van der Waals surface area contributed by atoms with E-state index in [9.17, 15) is 9.90 Å². The van der Waals surface area contributed by atoms with Gasteiger partial charge in [-0.3, -0.25) is 14.6 Å². The highest BCUT2D eigenvalue weighted by Gasteiger charge is 2.46. The molecule has 1 N–H and O–H groups in total. The molecule has 3 rings (SSSR count). The van der Waals surface area contributed by atoms with Gasteiger partial charge in [-0.2, -0.15) is 0 Å². The van der Waals surface area contributed by atoms with E-state index in [1.54, 1.807) is 36.1 Å². The summed E-state index contributed by atoms with van der Waals surface area (Å²) in [6.07, 6.45) is 0. The van der Waals surface area contributed by atoms with E-state index in [0.29, 0.717) is 10.7 Å². The standard InChI is InChI=1S/C17H15IN2O2S/c1-17(22)11-19(15(21)12-5-3-2-4-6-12)16(23)20(17)14-9-7-13(18)8-10-14/h2-10,22H,11H2,1H3/t17-/m0/s1. The third kappa shape index (κ3) is 3.11. The molecule has 0 spiro atoms. The lowest BCUT2D eigenvalue weighted by atomic mass is 10.2. The van der Waals surface area contributed by atoms with Crippen LogP contribution in [-0.4, -0.2) is 33.3 Å². The first-order chi connectivity index (χ1) is 10.9. The molecular formula is C17H15IN2O2S. The predicted molar refractivity (Wildman–Crippen MR) is 102 cm³/mol. The van der Waals surface area contributed by atoms with Crippen molar-refractivity contribution < 1.29 is 9.90 Å². The van der Waals surface area contributed by atoms with Crippen LogP contribution in [0.15, 0.2) is 54.6 Å². The van der Waals surface area contributed by atoms with Gasteiger partial charge < -0.3 is 5.11 Å². The van der Waals surface area contributed by atoms with E-state index in [0.717, 1.165) is 9.26 Å². The van der Waals surface area contributed by atoms with Crippen molar-refractivity contribution in [3.8, 4) is 0 Å². The van der Waals surface area contributed by atoms with Gasteiger partial charge in [-0.25, -0.2) is 0 Å². The summed E-state index contributed by atoms with van der Waals surface area (Å²) in [4.78, 5) is 15.7. The lowest BCUT2D eigenvalue weighted by Gasteiger charge is -2.29. The number of β-amino-alcohol motifs (C(OH)–C–C–N with tert-alkyl or cyclic N) is 1. The Kier molecular flexibility index (Phi) is 4.39. The van der Waals surface area contributed by atoms with Crippen LogP contribution in [0.25, 0.3) is 0 Å². The zero-order valence-corrected chi connectivity index (χ0v) is 15.4. The summed E-state index contributed by atoms with van der Waals surface area (Å²) >= 11 is 7.69. The van der Waals surface area contributed by atoms with Gasteiger partial charge in [0.1, 0.15) is 0 Å². The molecule has 0 aromatic heterocycles. The Morgan fingerprint density at radius 3 is 2.39 bits per heavy atom. The van der Waals surface area contributed by atoms with Crippen molar-refractivity contribution >= 4 is 51.5 Å². The topological polar surface area (TPSA) is 43.8 Å². The Labute approximate surface area is 153 Å². The fourth-order valence-electron chi connectivity index (χ4n) is 2.64. The zero-order valence-electron chi connectivity index (χ0n) is 12.4. The van der Waals surface area contributed by atoms with Crippen LogP contribution in [0.4, 0.5) is 5.69 Å². The SMILES string of the molecule is C[C@]1(O)CN(C(=O)c2ccccc2)C(=S)N1c1ccc(I)cc1. The summed E-state index contributed by atoms with van der Waals surface area (Å²) in [5, 5.41) is 11.1. The number of nitrogens with zero attached hydrogens (tertiary/aromatic N) is 2. The van der Waals surface area contributed by atoms with Crippen LogP contribution in [0.3, 0.4) is 0 Å². The lowest BCUT2D eigenvalue weighted by Crippen LogP contribution is -2.44. The normalized spacial score (nSPS) is 20.9. The van der Waals surface area contributed by atoms with Gasteiger partial charge in [-0.05, 0) is 78.1 Å². The Morgan fingerprint density at radius 1 is 1.17 bits per heavy atom.